The van der Waals surface area contributed by atoms with Gasteiger partial charge in [0, 0.05) is 124 Å². The number of carboxylic acid groups (broad SMARTS) is 1. The third-order valence-electron chi connectivity index (χ3n) is 14.8. The van der Waals surface area contributed by atoms with Gasteiger partial charge >= 0.3 is 24.8 Å². The number of hydrogen-bond acceptors (Lipinski definition) is 17. The molecule has 2 atom stereocenters. The zero-order valence-corrected chi connectivity index (χ0v) is 59.8. The zero-order chi connectivity index (χ0) is 65.7. The molecule has 1 amide bonds. The van der Waals surface area contributed by atoms with Gasteiger partial charge in [0.1, 0.15) is 21.3 Å². The molecule has 0 saturated heterocycles. The van der Waals surface area contributed by atoms with Gasteiger partial charge in [0.05, 0.1) is 115 Å². The SMILES string of the molecule is CCOC(=O)c1sc2c(-c3cccc(Cl)c3Cl)nccc2c1N(C)C.CN(C)c1c(C(=O)N[C@H]2CCOc3ccccc32)sc2c(-c3cccc(Cl)c3Cl)nccc12.CN(C)c1c(C(=O)[O-])sc2c(-c3cccc(Cl)c3Cl)nccc12.Cl.N[C@H]1CCOc2ccccc21.[Li+]. The van der Waals surface area contributed by atoms with Crippen LogP contribution in [0.25, 0.3) is 64.0 Å². The first-order valence-corrected chi connectivity index (χ1v) is 33.4. The molecular formula is C68H60Cl7LiN8O7S3. The van der Waals surface area contributed by atoms with E-state index in [2.05, 4.69) is 20.3 Å². The van der Waals surface area contributed by atoms with E-state index in [1.54, 1.807) is 74.8 Å². The number of pyridine rings is 3. The zero-order valence-electron chi connectivity index (χ0n) is 52.0. The van der Waals surface area contributed by atoms with Crippen molar-refractivity contribution in [1.29, 1.82) is 0 Å². The smallest absolute Gasteiger partial charge is 0.544 e. The Morgan fingerprint density at radius 2 is 0.936 bits per heavy atom. The van der Waals surface area contributed by atoms with Crippen LogP contribution in [0.4, 0.5) is 17.1 Å². The van der Waals surface area contributed by atoms with Crippen molar-refractivity contribution in [3.63, 3.8) is 0 Å². The maximum atomic E-state index is 13.6. The molecule has 0 bridgehead atoms. The van der Waals surface area contributed by atoms with Crippen molar-refractivity contribution in [2.75, 3.05) is 76.8 Å². The van der Waals surface area contributed by atoms with Crippen LogP contribution in [-0.2, 0) is 4.74 Å². The van der Waals surface area contributed by atoms with Gasteiger partial charge in [-0.3, -0.25) is 19.7 Å². The van der Waals surface area contributed by atoms with E-state index in [0.29, 0.717) is 81.4 Å². The summed E-state index contributed by atoms with van der Waals surface area (Å²) >= 11 is 41.6. The van der Waals surface area contributed by atoms with Gasteiger partial charge in [0.2, 0.25) is 0 Å². The van der Waals surface area contributed by atoms with Crippen molar-refractivity contribution in [1.82, 2.24) is 20.3 Å². The number of thiophene rings is 3. The van der Waals surface area contributed by atoms with Gasteiger partial charge in [0.15, 0.2) is 0 Å². The second kappa shape index (κ2) is 32.4. The number of carbonyl (C=O) groups excluding carboxylic acids is 3. The molecule has 15 nitrogen and oxygen atoms in total. The Morgan fingerprint density at radius 1 is 0.553 bits per heavy atom. The summed E-state index contributed by atoms with van der Waals surface area (Å²) < 4.78 is 18.9. The van der Waals surface area contributed by atoms with Crippen molar-refractivity contribution >= 4 is 181 Å². The predicted octanol–water partition coefficient (Wildman–Crippen LogP) is 14.7. The molecule has 0 radical (unpaired) electrons. The standard InChI is InChI=1S/C25H21Cl2N3O2S.C18H16Cl2N2O2S.C16H12Cl2N2O2S.C9H11NO.ClH.Li/c1-30(2)22-16-10-12-28-21(15-7-5-8-17(26)20(15)27)23(16)33-24(22)25(31)29-18-11-13-32-19-9-4-3-6-14(18)19;1-4-24-18(23)17-15(22(2)3)11-8-9-21-14(16(11)25-17)10-6-5-7-12(19)13(10)20;1-20(2)13-9-6-7-19-12(14(9)23-15(13)16(21)22)8-4-3-5-10(17)11(8)18;10-8-5-6-11-9-4-2-1-3-7(8)9;;/h3-10,12,18H,11,13H2,1-2H3,(H,29,31);5-9H,4H2,1-3H3;3-7H,1-2H3,(H,21,22);1-4,8H,5-6,10H2;1H;/q;;;;;+1/p-1/t18-;;;8-;;/m0..0../s1. The summed E-state index contributed by atoms with van der Waals surface area (Å²) in [6.07, 6.45) is 6.73. The topological polar surface area (TPSA) is 188 Å². The van der Waals surface area contributed by atoms with Crippen molar-refractivity contribution in [2.45, 2.75) is 31.8 Å². The van der Waals surface area contributed by atoms with Crippen LogP contribution in [0.15, 0.2) is 140 Å². The van der Waals surface area contributed by atoms with Gasteiger partial charge in [0.25, 0.3) is 5.91 Å². The van der Waals surface area contributed by atoms with Crippen LogP contribution in [0.1, 0.15) is 72.0 Å². The molecule has 8 heterocycles. The number of nitrogens with zero attached hydrogens (tertiary/aromatic N) is 6. The van der Waals surface area contributed by atoms with Gasteiger partial charge in [-0.1, -0.05) is 142 Å². The minimum Gasteiger partial charge on any atom is -0.544 e. The van der Waals surface area contributed by atoms with E-state index >= 15 is 0 Å². The van der Waals surface area contributed by atoms with Crippen molar-refractivity contribution < 1.29 is 52.6 Å². The van der Waals surface area contributed by atoms with Crippen molar-refractivity contribution in [2.24, 2.45) is 5.73 Å². The number of hydrogen-bond donors (Lipinski definition) is 2. The Morgan fingerprint density at radius 3 is 1.36 bits per heavy atom. The number of nitrogens with two attached hydrogens (primary N) is 1. The van der Waals surface area contributed by atoms with E-state index in [0.717, 1.165) is 106 Å². The Kier molecular flexibility index (Phi) is 25.3. The van der Waals surface area contributed by atoms with Gasteiger partial charge in [-0.05, 0) is 55.5 Å². The molecule has 26 heteroatoms. The van der Waals surface area contributed by atoms with Gasteiger partial charge < -0.3 is 49.9 Å². The van der Waals surface area contributed by atoms with Crippen LogP contribution in [-0.4, -0.2) is 94.9 Å². The number of halogens is 7. The molecule has 6 aromatic heterocycles. The molecular weight excluding hydrogens is 1390 g/mol. The first-order chi connectivity index (χ1) is 44.2. The number of carboxylic acids is 1. The molecule has 11 aromatic rings. The molecule has 0 saturated carbocycles. The summed E-state index contributed by atoms with van der Waals surface area (Å²) in [5.74, 6) is 0.102. The fraction of sp³-hybridized carbons (Fsp3) is 0.206. The summed E-state index contributed by atoms with van der Waals surface area (Å²) in [6.45, 7) is 3.43. The van der Waals surface area contributed by atoms with Gasteiger partial charge in [-0.25, -0.2) is 4.79 Å². The van der Waals surface area contributed by atoms with Crippen molar-refractivity contribution in [3.05, 3.63) is 196 Å². The van der Waals surface area contributed by atoms with Crippen LogP contribution in [0.3, 0.4) is 0 Å². The number of aromatic carboxylic acids is 1. The van der Waals surface area contributed by atoms with Crippen LogP contribution >= 0.6 is 116 Å². The van der Waals surface area contributed by atoms with E-state index in [4.69, 9.17) is 89.5 Å². The molecule has 0 spiro atoms. The number of fused-ring (bicyclic) bond motifs is 5. The molecule has 3 N–H and O–H groups in total. The third-order valence-corrected chi connectivity index (χ3v) is 20.8. The summed E-state index contributed by atoms with van der Waals surface area (Å²) in [7, 11) is 11.3. The number of ether oxygens (including phenoxy) is 3. The average molecular weight is 1450 g/mol. The largest absolute Gasteiger partial charge is 1.00 e. The maximum absolute atomic E-state index is 13.6. The Labute approximate surface area is 604 Å². The van der Waals surface area contributed by atoms with E-state index < -0.39 is 5.97 Å². The monoisotopic (exact) mass is 1450 g/mol. The second-order valence-corrected chi connectivity index (χ2v) is 26.8. The fourth-order valence-corrected chi connectivity index (χ4v) is 15.6. The molecule has 2 aliphatic rings. The number of benzene rings is 5. The molecule has 2 aliphatic heterocycles. The summed E-state index contributed by atoms with van der Waals surface area (Å²) in [5, 5.41) is 20.0. The molecule has 0 fully saturated rings. The van der Waals surface area contributed by atoms with Gasteiger partial charge in [-0.2, -0.15) is 0 Å². The quantitative estimate of drug-likeness (QED) is 0.0919. The molecule has 0 unspecified atom stereocenters. The minimum absolute atomic E-state index is 0. The summed E-state index contributed by atoms with van der Waals surface area (Å²) in [6, 6.07) is 37.7. The molecule has 5 aromatic carbocycles. The number of amides is 1. The van der Waals surface area contributed by atoms with E-state index in [1.165, 1.54) is 22.7 Å². The summed E-state index contributed by atoms with van der Waals surface area (Å²) in [4.78, 5) is 57.9. The fourth-order valence-electron chi connectivity index (χ4n) is 10.7. The average Bonchev–Trinajstić information content (AvgIpc) is 1.62. The minimum atomic E-state index is -1.21. The van der Waals surface area contributed by atoms with Gasteiger partial charge in [-0.15, -0.1) is 46.4 Å². The summed E-state index contributed by atoms with van der Waals surface area (Å²) in [5.41, 5.74) is 14.5. The number of esters is 1. The molecule has 13 rings (SSSR count). The van der Waals surface area contributed by atoms with E-state index in [1.807, 2.05) is 129 Å². The second-order valence-electron chi connectivity index (χ2n) is 21.4. The van der Waals surface area contributed by atoms with Crippen molar-refractivity contribution in [3.8, 4) is 45.3 Å². The van der Waals surface area contributed by atoms with E-state index in [-0.39, 0.29) is 60.1 Å². The Bertz CT molecular complexity index is 4590. The number of nitrogens with one attached hydrogen (secondary N) is 1. The first kappa shape index (κ1) is 73.2. The van der Waals surface area contributed by atoms with Crippen LogP contribution in [0, 0.1) is 0 Å². The van der Waals surface area contributed by atoms with Crippen LogP contribution in [0.2, 0.25) is 30.1 Å². The third kappa shape index (κ3) is 15.5. The van der Waals surface area contributed by atoms with Crippen LogP contribution < -0.4 is 59.2 Å². The first-order valence-electron chi connectivity index (χ1n) is 28.7. The number of para-hydroxylation sites is 2. The Balaban J connectivity index is 0.000000168. The normalized spacial score (nSPS) is 13.5. The number of aromatic nitrogens is 3. The molecule has 482 valence electrons. The number of rotatable bonds is 11. The van der Waals surface area contributed by atoms with E-state index in [9.17, 15) is 19.5 Å². The predicted molar refractivity (Wildman–Crippen MR) is 386 cm³/mol. The maximum Gasteiger partial charge on any atom is 1.00 e. The molecule has 94 heavy (non-hydrogen) atoms. The number of carbonyl (C=O) groups is 3. The van der Waals surface area contributed by atoms with Crippen LogP contribution in [0.5, 0.6) is 11.5 Å². The number of anilines is 3. The molecule has 0 aliphatic carbocycles. The Hall–Kier alpha value is -6.57.